The molecule has 0 spiro atoms. The number of allylic oxidation sites excluding steroid dienone is 14. The molecule has 0 saturated heterocycles. The van der Waals surface area contributed by atoms with E-state index in [1.54, 1.807) is 0 Å². The molecular weight excluding hydrogens is 486 g/mol. The predicted molar refractivity (Wildman–Crippen MR) is 172 cm³/mol. The van der Waals surface area contributed by atoms with Gasteiger partial charge in [-0.05, 0) is 115 Å². The van der Waals surface area contributed by atoms with Gasteiger partial charge in [-0.1, -0.05) is 92.1 Å². The molecule has 2 nitrogen and oxygen atoms in total. The van der Waals surface area contributed by atoms with E-state index in [-0.39, 0.29) is 0 Å². The molecule has 2 heteroatoms. The summed E-state index contributed by atoms with van der Waals surface area (Å²) in [5.74, 6) is 2.24. The SMILES string of the molecule is C=C1/C=C\C(C2C=CC=CC2)CC/C(=C/C(=C\C)c2ccc(Nc3ccc(C4=CCCC=C4)cc3)cc2)C(=C)O1. The second-order valence-electron chi connectivity index (χ2n) is 10.6. The van der Waals surface area contributed by atoms with Crippen molar-refractivity contribution in [2.24, 2.45) is 11.8 Å². The maximum atomic E-state index is 6.01. The first kappa shape index (κ1) is 27.3. The van der Waals surface area contributed by atoms with Crippen LogP contribution in [0.4, 0.5) is 11.4 Å². The van der Waals surface area contributed by atoms with Gasteiger partial charge in [0.05, 0.1) is 0 Å². The van der Waals surface area contributed by atoms with Crippen LogP contribution in [0.1, 0.15) is 50.2 Å². The van der Waals surface area contributed by atoms with Gasteiger partial charge in [-0.25, -0.2) is 0 Å². The number of rotatable bonds is 6. The van der Waals surface area contributed by atoms with E-state index in [0.717, 1.165) is 60.2 Å². The van der Waals surface area contributed by atoms with Gasteiger partial charge in [-0.2, -0.15) is 0 Å². The lowest BCUT2D eigenvalue weighted by Gasteiger charge is -2.22. The van der Waals surface area contributed by atoms with Crippen LogP contribution < -0.4 is 5.32 Å². The van der Waals surface area contributed by atoms with Crippen LogP contribution in [0.5, 0.6) is 0 Å². The van der Waals surface area contributed by atoms with E-state index >= 15 is 0 Å². The molecule has 2 aromatic carbocycles. The van der Waals surface area contributed by atoms with Gasteiger partial charge in [0.2, 0.25) is 0 Å². The summed E-state index contributed by atoms with van der Waals surface area (Å²) in [4.78, 5) is 0. The van der Waals surface area contributed by atoms with Gasteiger partial charge in [-0.15, -0.1) is 0 Å². The molecule has 5 rings (SSSR count). The van der Waals surface area contributed by atoms with E-state index in [2.05, 4.69) is 135 Å². The van der Waals surface area contributed by atoms with Crippen LogP contribution in [0, 0.1) is 11.8 Å². The summed E-state index contributed by atoms with van der Waals surface area (Å²) in [5.41, 5.74) is 8.14. The molecule has 0 saturated carbocycles. The van der Waals surface area contributed by atoms with E-state index in [0.29, 0.717) is 23.4 Å². The van der Waals surface area contributed by atoms with Crippen LogP contribution in [-0.4, -0.2) is 0 Å². The highest BCUT2D eigenvalue weighted by molar-refractivity contribution is 5.78. The largest absolute Gasteiger partial charge is 0.458 e. The zero-order valence-corrected chi connectivity index (χ0v) is 23.5. The van der Waals surface area contributed by atoms with Crippen LogP contribution in [0.3, 0.4) is 0 Å². The summed E-state index contributed by atoms with van der Waals surface area (Å²) in [7, 11) is 0. The molecule has 0 fully saturated rings. The van der Waals surface area contributed by atoms with Gasteiger partial charge < -0.3 is 10.1 Å². The Kier molecular flexibility index (Phi) is 8.98. The van der Waals surface area contributed by atoms with Crippen molar-refractivity contribution in [1.82, 2.24) is 0 Å². The summed E-state index contributed by atoms with van der Waals surface area (Å²) in [6.07, 6.45) is 29.5. The number of ether oxygens (including phenoxy) is 1. The van der Waals surface area contributed by atoms with Crippen LogP contribution in [-0.2, 0) is 4.74 Å². The molecule has 3 aliphatic rings. The first-order valence-electron chi connectivity index (χ1n) is 14.4. The molecule has 1 aliphatic heterocycles. The van der Waals surface area contributed by atoms with E-state index in [1.165, 1.54) is 11.1 Å². The Morgan fingerprint density at radius 1 is 0.875 bits per heavy atom. The van der Waals surface area contributed by atoms with Crippen LogP contribution in [0.25, 0.3) is 11.1 Å². The summed E-state index contributed by atoms with van der Waals surface area (Å²) < 4.78 is 6.01. The Labute approximate surface area is 239 Å². The number of nitrogens with one attached hydrogen (secondary N) is 1. The molecular formula is C38H39NO. The molecule has 2 aliphatic carbocycles. The van der Waals surface area contributed by atoms with Gasteiger partial charge in [-0.3, -0.25) is 0 Å². The summed E-state index contributed by atoms with van der Waals surface area (Å²) in [5, 5.41) is 3.54. The normalized spacial score (nSPS) is 23.2. The van der Waals surface area contributed by atoms with Crippen LogP contribution >= 0.6 is 0 Å². The third kappa shape index (κ3) is 7.01. The number of anilines is 2. The van der Waals surface area contributed by atoms with Gasteiger partial charge in [0.25, 0.3) is 0 Å². The van der Waals surface area contributed by atoms with Gasteiger partial charge in [0.1, 0.15) is 11.5 Å². The fourth-order valence-electron chi connectivity index (χ4n) is 5.48. The summed E-state index contributed by atoms with van der Waals surface area (Å²) in [6.45, 7) is 10.4. The van der Waals surface area contributed by atoms with Crippen molar-refractivity contribution in [3.63, 3.8) is 0 Å². The molecule has 2 aromatic rings. The lowest BCUT2D eigenvalue weighted by Crippen LogP contribution is -2.11. The summed E-state index contributed by atoms with van der Waals surface area (Å²) >= 11 is 0. The molecule has 0 radical (unpaired) electrons. The topological polar surface area (TPSA) is 21.3 Å². The van der Waals surface area contributed by atoms with E-state index < -0.39 is 0 Å². The van der Waals surface area contributed by atoms with Crippen molar-refractivity contribution in [3.8, 4) is 0 Å². The Hall–Kier alpha value is -4.30. The van der Waals surface area contributed by atoms with Crippen molar-refractivity contribution in [3.05, 3.63) is 157 Å². The van der Waals surface area contributed by atoms with Crippen molar-refractivity contribution in [1.29, 1.82) is 0 Å². The highest BCUT2D eigenvalue weighted by Gasteiger charge is 2.20. The lowest BCUT2D eigenvalue weighted by atomic mass is 9.82. The third-order valence-corrected chi connectivity index (χ3v) is 7.81. The molecule has 202 valence electrons. The minimum absolute atomic E-state index is 0.431. The second kappa shape index (κ2) is 13.2. The van der Waals surface area contributed by atoms with Crippen molar-refractivity contribution < 1.29 is 4.74 Å². The monoisotopic (exact) mass is 525 g/mol. The van der Waals surface area contributed by atoms with Crippen molar-refractivity contribution >= 4 is 22.5 Å². The van der Waals surface area contributed by atoms with Gasteiger partial charge >= 0.3 is 0 Å². The van der Waals surface area contributed by atoms with Crippen LogP contribution in [0.2, 0.25) is 0 Å². The number of hydrogen-bond donors (Lipinski definition) is 1. The van der Waals surface area contributed by atoms with Gasteiger partial charge in [0, 0.05) is 11.4 Å². The second-order valence-corrected chi connectivity index (χ2v) is 10.6. The maximum absolute atomic E-state index is 6.01. The fraction of sp³-hybridized carbons (Fsp3) is 0.211. The first-order valence-corrected chi connectivity index (χ1v) is 14.4. The Bertz CT molecular complexity index is 1440. The number of benzene rings is 2. The molecule has 1 heterocycles. The predicted octanol–water partition coefficient (Wildman–Crippen LogP) is 10.6. The molecule has 1 N–H and O–H groups in total. The maximum Gasteiger partial charge on any atom is 0.123 e. The minimum atomic E-state index is 0.431. The quantitative estimate of drug-likeness (QED) is 0.405. The molecule has 2 atom stereocenters. The van der Waals surface area contributed by atoms with E-state index in [4.69, 9.17) is 4.74 Å². The number of hydrogen-bond acceptors (Lipinski definition) is 2. The fourth-order valence-corrected chi connectivity index (χ4v) is 5.48. The highest BCUT2D eigenvalue weighted by atomic mass is 16.5. The third-order valence-electron chi connectivity index (χ3n) is 7.81. The first-order chi connectivity index (χ1) is 19.6. The van der Waals surface area contributed by atoms with Crippen LogP contribution in [0.15, 0.2) is 146 Å². The molecule has 0 aromatic heterocycles. The van der Waals surface area contributed by atoms with E-state index in [9.17, 15) is 0 Å². The molecule has 2 unspecified atom stereocenters. The Balaban J connectivity index is 1.28. The summed E-state index contributed by atoms with van der Waals surface area (Å²) in [6, 6.07) is 17.3. The zero-order valence-electron chi connectivity index (χ0n) is 23.5. The molecule has 0 amide bonds. The zero-order chi connectivity index (χ0) is 27.7. The Morgan fingerprint density at radius 2 is 1.65 bits per heavy atom. The molecule has 0 bridgehead atoms. The molecule has 40 heavy (non-hydrogen) atoms. The van der Waals surface area contributed by atoms with E-state index in [1.807, 2.05) is 6.08 Å². The standard InChI is InChI=1S/C38H39NO/c1-4-30(27-36-18-17-34(31-11-7-5-8-12-31)16-15-28(2)40-29(36)3)33-19-23-37(24-20-33)39-38-25-21-35(22-26-38)32-13-9-6-10-14-32/h4-5,7-9,11,13-16,19-27,31,34,39H,2-3,6,10,12,17-18H2,1H3/b16-15-,30-4+,36-27-. The highest BCUT2D eigenvalue weighted by Crippen LogP contribution is 2.33. The lowest BCUT2D eigenvalue weighted by molar-refractivity contribution is 0.331. The smallest absolute Gasteiger partial charge is 0.123 e. The average molecular weight is 526 g/mol. The van der Waals surface area contributed by atoms with Crippen molar-refractivity contribution in [2.45, 2.75) is 39.0 Å². The minimum Gasteiger partial charge on any atom is -0.458 e. The Morgan fingerprint density at radius 3 is 2.33 bits per heavy atom. The van der Waals surface area contributed by atoms with Gasteiger partial charge in [0.15, 0.2) is 0 Å². The van der Waals surface area contributed by atoms with Crippen molar-refractivity contribution in [2.75, 3.05) is 5.32 Å². The average Bonchev–Trinajstić information content (AvgIpc) is 3.06.